The van der Waals surface area contributed by atoms with Gasteiger partial charge in [-0.2, -0.15) is 0 Å². The van der Waals surface area contributed by atoms with Gasteiger partial charge in [0.15, 0.2) is 0 Å². The second-order valence-corrected chi connectivity index (χ2v) is 5.20. The van der Waals surface area contributed by atoms with E-state index in [4.69, 9.17) is 5.11 Å². The van der Waals surface area contributed by atoms with Gasteiger partial charge in [0, 0.05) is 12.6 Å². The van der Waals surface area contributed by atoms with Crippen molar-refractivity contribution in [2.45, 2.75) is 31.8 Å². The van der Waals surface area contributed by atoms with Crippen molar-refractivity contribution >= 4 is 5.97 Å². The van der Waals surface area contributed by atoms with Gasteiger partial charge < -0.3 is 10.0 Å². The van der Waals surface area contributed by atoms with E-state index in [-0.39, 0.29) is 6.04 Å². The lowest BCUT2D eigenvalue weighted by atomic mass is 10.1. The van der Waals surface area contributed by atoms with E-state index in [0.29, 0.717) is 0 Å². The van der Waals surface area contributed by atoms with Gasteiger partial charge >= 0.3 is 5.97 Å². The Bertz CT molecular complexity index is 402. The molecule has 0 spiro atoms. The summed E-state index contributed by atoms with van der Waals surface area (Å²) < 4.78 is 0. The Balaban J connectivity index is 2.06. The Kier molecular flexibility index (Phi) is 4.93. The van der Waals surface area contributed by atoms with E-state index in [1.54, 1.807) is 6.92 Å². The lowest BCUT2D eigenvalue weighted by Crippen LogP contribution is -2.41. The first-order valence-electron chi connectivity index (χ1n) is 6.93. The average molecular weight is 262 g/mol. The maximum absolute atomic E-state index is 11.0. The highest BCUT2D eigenvalue weighted by Gasteiger charge is 2.22. The van der Waals surface area contributed by atoms with Crippen LogP contribution in [0.3, 0.4) is 0 Å². The molecule has 0 amide bonds. The maximum Gasteiger partial charge on any atom is 0.320 e. The van der Waals surface area contributed by atoms with E-state index in [0.717, 1.165) is 25.2 Å². The fourth-order valence-corrected chi connectivity index (χ4v) is 2.54. The van der Waals surface area contributed by atoms with Crippen LogP contribution >= 0.6 is 0 Å². The van der Waals surface area contributed by atoms with Crippen LogP contribution in [0.25, 0.3) is 0 Å². The van der Waals surface area contributed by atoms with Crippen molar-refractivity contribution in [2.24, 2.45) is 0 Å². The molecule has 0 aliphatic carbocycles. The summed E-state index contributed by atoms with van der Waals surface area (Å²) >= 11 is 0. The molecule has 1 aliphatic rings. The summed E-state index contributed by atoms with van der Waals surface area (Å²) in [4.78, 5) is 13.4. The number of benzene rings is 1. The van der Waals surface area contributed by atoms with Crippen LogP contribution < -0.4 is 5.32 Å². The highest BCUT2D eigenvalue weighted by Crippen LogP contribution is 2.18. The molecule has 0 saturated carbocycles. The molecule has 0 bridgehead atoms. The molecule has 1 aromatic rings. The van der Waals surface area contributed by atoms with Gasteiger partial charge in [-0.3, -0.25) is 10.1 Å². The Labute approximate surface area is 114 Å². The van der Waals surface area contributed by atoms with Gasteiger partial charge in [-0.15, -0.1) is 0 Å². The van der Waals surface area contributed by atoms with E-state index in [2.05, 4.69) is 22.3 Å². The molecular formula is C15H22N2O2. The summed E-state index contributed by atoms with van der Waals surface area (Å²) in [5, 5.41) is 12.3. The summed E-state index contributed by atoms with van der Waals surface area (Å²) in [7, 11) is 0. The first-order chi connectivity index (χ1) is 9.16. The van der Waals surface area contributed by atoms with Gasteiger partial charge in [-0.25, -0.2) is 0 Å². The highest BCUT2D eigenvalue weighted by molar-refractivity contribution is 5.72. The minimum atomic E-state index is -0.803. The van der Waals surface area contributed by atoms with Crippen molar-refractivity contribution in [1.82, 2.24) is 10.2 Å². The van der Waals surface area contributed by atoms with Crippen LogP contribution in [0.15, 0.2) is 30.3 Å². The lowest BCUT2D eigenvalue weighted by Gasteiger charge is -2.26. The molecule has 1 heterocycles. The quantitative estimate of drug-likeness (QED) is 0.822. The second-order valence-electron chi connectivity index (χ2n) is 5.20. The first kappa shape index (κ1) is 14.0. The van der Waals surface area contributed by atoms with Crippen molar-refractivity contribution in [3.63, 3.8) is 0 Å². The minimum Gasteiger partial charge on any atom is -0.480 e. The van der Waals surface area contributed by atoms with Crippen molar-refractivity contribution in [3.8, 4) is 0 Å². The van der Waals surface area contributed by atoms with Crippen LogP contribution in [-0.4, -0.2) is 41.7 Å². The van der Waals surface area contributed by atoms with Crippen molar-refractivity contribution in [3.05, 3.63) is 35.9 Å². The third-order valence-corrected chi connectivity index (χ3v) is 3.66. The largest absolute Gasteiger partial charge is 0.480 e. The zero-order valence-corrected chi connectivity index (χ0v) is 11.4. The van der Waals surface area contributed by atoms with E-state index in [1.165, 1.54) is 12.8 Å². The smallest absolute Gasteiger partial charge is 0.320 e. The third-order valence-electron chi connectivity index (χ3n) is 3.66. The summed E-state index contributed by atoms with van der Waals surface area (Å²) in [6, 6.07) is 9.64. The van der Waals surface area contributed by atoms with Crippen LogP contribution in [0.4, 0.5) is 0 Å². The first-order valence-corrected chi connectivity index (χ1v) is 6.93. The van der Waals surface area contributed by atoms with E-state index < -0.39 is 12.0 Å². The van der Waals surface area contributed by atoms with Crippen LogP contribution in [0.5, 0.6) is 0 Å². The monoisotopic (exact) mass is 262 g/mol. The molecule has 4 heteroatoms. The van der Waals surface area contributed by atoms with Gasteiger partial charge in [-0.05, 0) is 38.4 Å². The molecule has 2 atom stereocenters. The Hall–Kier alpha value is -1.39. The molecular weight excluding hydrogens is 240 g/mol. The summed E-state index contributed by atoms with van der Waals surface area (Å²) in [5.41, 5.74) is 1.16. The summed E-state index contributed by atoms with van der Waals surface area (Å²) in [6.07, 6.45) is 2.49. The molecule has 0 aromatic heterocycles. The number of hydrogen-bond acceptors (Lipinski definition) is 3. The second kappa shape index (κ2) is 6.68. The number of carboxylic acids is 1. The predicted octanol–water partition coefficient (Wildman–Crippen LogP) is 1.89. The van der Waals surface area contributed by atoms with Gasteiger partial charge in [0.1, 0.15) is 6.04 Å². The number of likely N-dealkylation sites (tertiary alicyclic amines) is 1. The molecule has 1 fully saturated rings. The maximum atomic E-state index is 11.0. The minimum absolute atomic E-state index is 0.0744. The molecule has 4 nitrogen and oxygen atoms in total. The normalized spacial score (nSPS) is 19.2. The molecule has 2 unspecified atom stereocenters. The zero-order valence-electron chi connectivity index (χ0n) is 11.4. The van der Waals surface area contributed by atoms with Crippen molar-refractivity contribution in [2.75, 3.05) is 19.6 Å². The van der Waals surface area contributed by atoms with Crippen molar-refractivity contribution < 1.29 is 9.90 Å². The van der Waals surface area contributed by atoms with Gasteiger partial charge in [0.2, 0.25) is 0 Å². The van der Waals surface area contributed by atoms with Gasteiger partial charge in [0.25, 0.3) is 0 Å². The van der Waals surface area contributed by atoms with E-state index >= 15 is 0 Å². The highest BCUT2D eigenvalue weighted by atomic mass is 16.4. The number of rotatable bonds is 6. The predicted molar refractivity (Wildman–Crippen MR) is 75.1 cm³/mol. The van der Waals surface area contributed by atoms with Gasteiger partial charge in [0.05, 0.1) is 0 Å². The third kappa shape index (κ3) is 4.04. The van der Waals surface area contributed by atoms with Gasteiger partial charge in [-0.1, -0.05) is 30.3 Å². The van der Waals surface area contributed by atoms with Crippen LogP contribution in [0.2, 0.25) is 0 Å². The summed E-state index contributed by atoms with van der Waals surface area (Å²) in [6.45, 7) is 4.81. The topological polar surface area (TPSA) is 52.6 Å². The SMILES string of the molecule is CC(NC(CN1CCCC1)c1ccccc1)C(=O)O. The number of nitrogens with zero attached hydrogens (tertiary/aromatic N) is 1. The molecule has 19 heavy (non-hydrogen) atoms. The summed E-state index contributed by atoms with van der Waals surface area (Å²) in [5.74, 6) is -0.803. The number of aliphatic carboxylic acids is 1. The molecule has 1 aliphatic heterocycles. The van der Waals surface area contributed by atoms with Crippen LogP contribution in [-0.2, 0) is 4.79 Å². The molecule has 2 N–H and O–H groups in total. The number of carbonyl (C=O) groups is 1. The van der Waals surface area contributed by atoms with Crippen molar-refractivity contribution in [1.29, 1.82) is 0 Å². The molecule has 104 valence electrons. The van der Waals surface area contributed by atoms with E-state index in [1.807, 2.05) is 18.2 Å². The molecule has 1 aromatic carbocycles. The zero-order chi connectivity index (χ0) is 13.7. The van der Waals surface area contributed by atoms with Crippen LogP contribution in [0.1, 0.15) is 31.4 Å². The Morgan fingerprint density at radius 2 is 1.95 bits per heavy atom. The lowest BCUT2D eigenvalue weighted by molar-refractivity contribution is -0.139. The molecule has 2 rings (SSSR count). The Morgan fingerprint density at radius 3 is 2.53 bits per heavy atom. The fraction of sp³-hybridized carbons (Fsp3) is 0.533. The fourth-order valence-electron chi connectivity index (χ4n) is 2.54. The molecule has 0 radical (unpaired) electrons. The standard InChI is InChI=1S/C15H22N2O2/c1-12(15(18)19)16-14(11-17-9-5-6-10-17)13-7-3-2-4-8-13/h2-4,7-8,12,14,16H,5-6,9-11H2,1H3,(H,18,19). The number of carboxylic acid groups (broad SMARTS) is 1. The average Bonchev–Trinajstić information content (AvgIpc) is 2.91. The van der Waals surface area contributed by atoms with Crippen LogP contribution in [0, 0.1) is 0 Å². The number of nitrogens with one attached hydrogen (secondary N) is 1. The number of hydrogen-bond donors (Lipinski definition) is 2. The molecule has 1 saturated heterocycles. The van der Waals surface area contributed by atoms with E-state index in [9.17, 15) is 4.79 Å². The Morgan fingerprint density at radius 1 is 1.32 bits per heavy atom.